The Labute approximate surface area is 143 Å². The molecule has 1 aliphatic rings. The number of hydrogen-bond acceptors (Lipinski definition) is 3. The quantitative estimate of drug-likeness (QED) is 0.885. The van der Waals surface area contributed by atoms with E-state index < -0.39 is 11.7 Å². The number of amides is 2. The highest BCUT2D eigenvalue weighted by Crippen LogP contribution is 2.29. The van der Waals surface area contributed by atoms with Crippen molar-refractivity contribution in [2.75, 3.05) is 5.32 Å². The second kappa shape index (κ2) is 7.13. The molecule has 0 bridgehead atoms. The molecule has 0 saturated heterocycles. The van der Waals surface area contributed by atoms with Crippen LogP contribution in [0.4, 0.5) is 10.1 Å². The number of nitrogens with one attached hydrogen (secondary N) is 1. The van der Waals surface area contributed by atoms with Gasteiger partial charge in [0, 0.05) is 10.6 Å². The number of rotatable bonds is 3. The molecule has 1 heterocycles. The third kappa shape index (κ3) is 3.64. The number of nitrogens with two attached hydrogens (primary N) is 1. The Morgan fingerprint density at radius 2 is 1.83 bits per heavy atom. The van der Waals surface area contributed by atoms with Gasteiger partial charge in [-0.3, -0.25) is 9.59 Å². The molecule has 4 nitrogen and oxygen atoms in total. The maximum absolute atomic E-state index is 13.5. The van der Waals surface area contributed by atoms with E-state index in [0.29, 0.717) is 10.6 Å². The molecule has 0 atom stereocenters. The van der Waals surface area contributed by atoms with Gasteiger partial charge in [-0.05, 0) is 55.5 Å². The van der Waals surface area contributed by atoms with Gasteiger partial charge in [-0.15, -0.1) is 11.3 Å². The van der Waals surface area contributed by atoms with Gasteiger partial charge in [0.15, 0.2) is 0 Å². The van der Waals surface area contributed by atoms with Crippen molar-refractivity contribution in [2.24, 2.45) is 5.73 Å². The molecule has 0 aliphatic heterocycles. The van der Waals surface area contributed by atoms with Crippen LogP contribution in [0.25, 0.3) is 0 Å². The Morgan fingerprint density at radius 3 is 2.58 bits per heavy atom. The molecule has 3 rings (SSSR count). The van der Waals surface area contributed by atoms with Gasteiger partial charge in [0.05, 0.1) is 10.4 Å². The van der Waals surface area contributed by atoms with Gasteiger partial charge in [-0.2, -0.15) is 0 Å². The molecule has 0 saturated carbocycles. The van der Waals surface area contributed by atoms with Crippen molar-refractivity contribution in [1.29, 1.82) is 0 Å². The first-order chi connectivity index (χ1) is 11.5. The average molecular weight is 346 g/mol. The fraction of sp³-hybridized carbons (Fsp3) is 0.333. The lowest BCUT2D eigenvalue weighted by Gasteiger charge is -2.07. The van der Waals surface area contributed by atoms with Crippen LogP contribution in [0.3, 0.4) is 0 Å². The lowest BCUT2D eigenvalue weighted by molar-refractivity contribution is 0.0993. The standard InChI is InChI=1S/C18H19FN2O2S/c19-14-8-7-12(10-13(14)17(20)22)21-18(23)16-9-11-5-3-1-2-4-6-15(11)24-16/h7-10H,1-6H2,(H2,20,22)(H,21,23). The number of benzene rings is 1. The zero-order chi connectivity index (χ0) is 17.1. The fourth-order valence-electron chi connectivity index (χ4n) is 2.94. The lowest BCUT2D eigenvalue weighted by atomic mass is 10.00. The zero-order valence-corrected chi connectivity index (χ0v) is 14.0. The van der Waals surface area contributed by atoms with Crippen LogP contribution in [-0.2, 0) is 12.8 Å². The smallest absolute Gasteiger partial charge is 0.265 e. The largest absolute Gasteiger partial charge is 0.366 e. The molecule has 126 valence electrons. The topological polar surface area (TPSA) is 72.2 Å². The molecule has 0 spiro atoms. The SMILES string of the molecule is NC(=O)c1cc(NC(=O)c2cc3c(s2)CCCCCC3)ccc1F. The molecular weight excluding hydrogens is 327 g/mol. The van der Waals surface area contributed by atoms with Crippen molar-refractivity contribution in [3.63, 3.8) is 0 Å². The highest BCUT2D eigenvalue weighted by Gasteiger charge is 2.17. The number of fused-ring (bicyclic) bond motifs is 1. The molecule has 0 unspecified atom stereocenters. The molecular formula is C18H19FN2O2S. The van der Waals surface area contributed by atoms with Gasteiger partial charge in [0.25, 0.3) is 11.8 Å². The predicted molar refractivity (Wildman–Crippen MR) is 93.1 cm³/mol. The average Bonchev–Trinajstić information content (AvgIpc) is 2.91. The summed E-state index contributed by atoms with van der Waals surface area (Å²) in [6, 6.07) is 5.77. The van der Waals surface area contributed by atoms with E-state index in [9.17, 15) is 14.0 Å². The molecule has 1 aromatic carbocycles. The lowest BCUT2D eigenvalue weighted by Crippen LogP contribution is -2.15. The van der Waals surface area contributed by atoms with E-state index in [1.54, 1.807) is 0 Å². The maximum atomic E-state index is 13.5. The molecule has 24 heavy (non-hydrogen) atoms. The van der Waals surface area contributed by atoms with Gasteiger partial charge in [0.2, 0.25) is 0 Å². The van der Waals surface area contributed by atoms with Gasteiger partial charge in [-0.1, -0.05) is 12.8 Å². The van der Waals surface area contributed by atoms with Crippen molar-refractivity contribution < 1.29 is 14.0 Å². The number of carbonyl (C=O) groups excluding carboxylic acids is 2. The van der Waals surface area contributed by atoms with E-state index in [2.05, 4.69) is 5.32 Å². The Kier molecular flexibility index (Phi) is 4.94. The Balaban J connectivity index is 1.79. The number of primary amides is 1. The summed E-state index contributed by atoms with van der Waals surface area (Å²) in [6.07, 6.45) is 6.84. The Bertz CT molecular complexity index is 760. The predicted octanol–water partition coefficient (Wildman–Crippen LogP) is 3.90. The highest BCUT2D eigenvalue weighted by atomic mass is 32.1. The molecule has 1 aromatic heterocycles. The molecule has 0 fully saturated rings. The molecule has 1 aliphatic carbocycles. The van der Waals surface area contributed by atoms with E-state index in [0.717, 1.165) is 31.7 Å². The van der Waals surface area contributed by atoms with Crippen LogP contribution in [0.15, 0.2) is 24.3 Å². The number of hydrogen-bond donors (Lipinski definition) is 2. The van der Waals surface area contributed by atoms with Crippen molar-refractivity contribution in [3.05, 3.63) is 51.0 Å². The number of thiophene rings is 1. The summed E-state index contributed by atoms with van der Waals surface area (Å²) in [6.45, 7) is 0. The molecule has 6 heteroatoms. The van der Waals surface area contributed by atoms with E-state index in [-0.39, 0.29) is 11.5 Å². The first-order valence-electron chi connectivity index (χ1n) is 8.07. The summed E-state index contributed by atoms with van der Waals surface area (Å²) < 4.78 is 13.5. The number of halogens is 1. The molecule has 2 amide bonds. The van der Waals surface area contributed by atoms with Crippen LogP contribution in [0, 0.1) is 5.82 Å². The van der Waals surface area contributed by atoms with Crippen molar-refractivity contribution in [1.82, 2.24) is 0 Å². The summed E-state index contributed by atoms with van der Waals surface area (Å²) in [5, 5.41) is 2.72. The van der Waals surface area contributed by atoms with Crippen LogP contribution in [0.1, 0.15) is 56.2 Å². The van der Waals surface area contributed by atoms with Crippen LogP contribution in [0.2, 0.25) is 0 Å². The molecule has 3 N–H and O–H groups in total. The van der Waals surface area contributed by atoms with Gasteiger partial charge < -0.3 is 11.1 Å². The maximum Gasteiger partial charge on any atom is 0.265 e. The highest BCUT2D eigenvalue weighted by molar-refractivity contribution is 7.14. The van der Waals surface area contributed by atoms with E-state index >= 15 is 0 Å². The zero-order valence-electron chi connectivity index (χ0n) is 13.2. The number of aryl methyl sites for hydroxylation is 2. The van der Waals surface area contributed by atoms with Gasteiger partial charge in [-0.25, -0.2) is 4.39 Å². The van der Waals surface area contributed by atoms with Crippen LogP contribution in [-0.4, -0.2) is 11.8 Å². The number of carbonyl (C=O) groups is 2. The first kappa shape index (κ1) is 16.6. The van der Waals surface area contributed by atoms with E-state index in [1.165, 1.54) is 46.8 Å². The van der Waals surface area contributed by atoms with Crippen molar-refractivity contribution in [2.45, 2.75) is 38.5 Å². The monoisotopic (exact) mass is 346 g/mol. The van der Waals surface area contributed by atoms with Crippen LogP contribution < -0.4 is 11.1 Å². The first-order valence-corrected chi connectivity index (χ1v) is 8.88. The molecule has 2 aromatic rings. The summed E-state index contributed by atoms with van der Waals surface area (Å²) >= 11 is 1.52. The minimum atomic E-state index is -0.859. The minimum Gasteiger partial charge on any atom is -0.366 e. The second-order valence-corrected chi connectivity index (χ2v) is 7.12. The summed E-state index contributed by atoms with van der Waals surface area (Å²) in [4.78, 5) is 25.6. The van der Waals surface area contributed by atoms with E-state index in [1.807, 2.05) is 6.07 Å². The molecule has 0 radical (unpaired) electrons. The normalized spacial score (nSPS) is 14.4. The van der Waals surface area contributed by atoms with Crippen molar-refractivity contribution in [3.8, 4) is 0 Å². The van der Waals surface area contributed by atoms with Gasteiger partial charge in [0.1, 0.15) is 5.82 Å². The third-order valence-electron chi connectivity index (χ3n) is 4.21. The fourth-order valence-corrected chi connectivity index (χ4v) is 4.09. The second-order valence-electron chi connectivity index (χ2n) is 5.99. The third-order valence-corrected chi connectivity index (χ3v) is 5.45. The number of anilines is 1. The van der Waals surface area contributed by atoms with Gasteiger partial charge >= 0.3 is 0 Å². The Morgan fingerprint density at radius 1 is 1.08 bits per heavy atom. The summed E-state index contributed by atoms with van der Waals surface area (Å²) in [5.74, 6) is -1.80. The van der Waals surface area contributed by atoms with E-state index in [4.69, 9.17) is 5.73 Å². The minimum absolute atomic E-state index is 0.230. The van der Waals surface area contributed by atoms with Crippen LogP contribution >= 0.6 is 11.3 Å². The van der Waals surface area contributed by atoms with Crippen molar-refractivity contribution >= 4 is 28.8 Å². The summed E-state index contributed by atoms with van der Waals surface area (Å²) in [7, 11) is 0. The van der Waals surface area contributed by atoms with Crippen LogP contribution in [0.5, 0.6) is 0 Å². The Hall–Kier alpha value is -2.21. The summed E-state index contributed by atoms with van der Waals surface area (Å²) in [5.41, 5.74) is 6.52.